The number of nitrogens with one attached hydrogen (secondary N) is 1. The van der Waals surface area contributed by atoms with Crippen molar-refractivity contribution in [3.8, 4) is 0 Å². The van der Waals surface area contributed by atoms with Crippen molar-refractivity contribution in [2.45, 2.75) is 57.8 Å². The molecule has 0 aromatic carbocycles. The molecule has 0 aliphatic heterocycles. The number of rotatable bonds is 5. The van der Waals surface area contributed by atoms with Crippen molar-refractivity contribution in [2.24, 2.45) is 0 Å². The van der Waals surface area contributed by atoms with E-state index in [0.717, 1.165) is 23.8 Å². The molecule has 0 amide bonds. The summed E-state index contributed by atoms with van der Waals surface area (Å²) in [7, 11) is 0. The molecule has 0 aliphatic carbocycles. The second kappa shape index (κ2) is 6.34. The fourth-order valence-electron chi connectivity index (χ4n) is 1.72. The fourth-order valence-corrected chi connectivity index (χ4v) is 2.28. The maximum atomic E-state index is 4.54. The van der Waals surface area contributed by atoms with Gasteiger partial charge in [-0.05, 0) is 32.3 Å². The summed E-state index contributed by atoms with van der Waals surface area (Å²) in [6.07, 6.45) is 1.05. The van der Waals surface area contributed by atoms with E-state index in [2.05, 4.69) is 58.9 Å². The number of hydrogen-bond donors (Lipinski definition) is 1. The first-order chi connectivity index (χ1) is 7.88. The van der Waals surface area contributed by atoms with Crippen molar-refractivity contribution in [3.63, 3.8) is 0 Å². The zero-order valence-electron chi connectivity index (χ0n) is 11.3. The van der Waals surface area contributed by atoms with Crippen LogP contribution in [0.1, 0.15) is 51.4 Å². The summed E-state index contributed by atoms with van der Waals surface area (Å²) in [5, 5.41) is 3.36. The minimum Gasteiger partial charge on any atom is -0.352 e. The number of nitrogens with zero attached hydrogens (tertiary/aromatic N) is 2. The summed E-state index contributed by atoms with van der Waals surface area (Å²) >= 11 is 3.56. The lowest BCUT2D eigenvalue weighted by Gasteiger charge is -2.16. The molecule has 0 bridgehead atoms. The van der Waals surface area contributed by atoms with Gasteiger partial charge in [-0.1, -0.05) is 36.7 Å². The number of aromatic nitrogens is 2. The van der Waals surface area contributed by atoms with Gasteiger partial charge in [0.25, 0.3) is 0 Å². The molecule has 0 saturated carbocycles. The molecule has 1 N–H and O–H groups in total. The Balaban J connectivity index is 2.77. The lowest BCUT2D eigenvalue weighted by atomic mass is 10.1. The highest BCUT2D eigenvalue weighted by Crippen LogP contribution is 2.16. The van der Waals surface area contributed by atoms with Gasteiger partial charge in [0.05, 0.1) is 0 Å². The lowest BCUT2D eigenvalue weighted by molar-refractivity contribution is 0.696. The molecule has 4 heteroatoms. The van der Waals surface area contributed by atoms with E-state index < -0.39 is 0 Å². The topological polar surface area (TPSA) is 37.8 Å². The summed E-state index contributed by atoms with van der Waals surface area (Å²) in [4.78, 5) is 9.47. The Morgan fingerprint density at radius 3 is 2.41 bits per heavy atom. The molecule has 1 aromatic heterocycles. The van der Waals surface area contributed by atoms with Gasteiger partial charge in [-0.3, -0.25) is 0 Å². The van der Waals surface area contributed by atoms with Crippen LogP contribution in [0.5, 0.6) is 0 Å². The molecule has 0 aliphatic rings. The minimum absolute atomic E-state index is 0.367. The van der Waals surface area contributed by atoms with Gasteiger partial charge in [0, 0.05) is 22.3 Å². The van der Waals surface area contributed by atoms with E-state index in [1.54, 1.807) is 0 Å². The largest absolute Gasteiger partial charge is 0.352 e. The molecule has 2 unspecified atom stereocenters. The summed E-state index contributed by atoms with van der Waals surface area (Å²) < 4.78 is 0. The van der Waals surface area contributed by atoms with Crippen LogP contribution in [0.15, 0.2) is 6.07 Å². The van der Waals surface area contributed by atoms with Crippen LogP contribution < -0.4 is 5.32 Å². The average molecular weight is 300 g/mol. The van der Waals surface area contributed by atoms with Crippen LogP contribution in [0.25, 0.3) is 0 Å². The Bertz CT molecular complexity index is 364. The van der Waals surface area contributed by atoms with Crippen molar-refractivity contribution in [3.05, 3.63) is 17.5 Å². The van der Waals surface area contributed by atoms with E-state index in [1.807, 2.05) is 13.0 Å². The molecule has 2 atom stereocenters. The number of halogens is 1. The molecule has 1 aromatic rings. The van der Waals surface area contributed by atoms with Crippen molar-refractivity contribution >= 4 is 21.9 Å². The SMILES string of the molecule is Cc1cc(C(C)C)nc(NC(C)CC(C)Br)n1. The predicted molar refractivity (Wildman–Crippen MR) is 76.9 cm³/mol. The van der Waals surface area contributed by atoms with Gasteiger partial charge in [-0.15, -0.1) is 0 Å². The quantitative estimate of drug-likeness (QED) is 0.839. The Labute approximate surface area is 113 Å². The third kappa shape index (κ3) is 5.02. The van der Waals surface area contributed by atoms with Gasteiger partial charge < -0.3 is 5.32 Å². The van der Waals surface area contributed by atoms with Crippen LogP contribution in [0.2, 0.25) is 0 Å². The number of hydrogen-bond acceptors (Lipinski definition) is 3. The second-order valence-corrected chi connectivity index (χ2v) is 6.54. The van der Waals surface area contributed by atoms with E-state index >= 15 is 0 Å². The van der Waals surface area contributed by atoms with Gasteiger partial charge in [0.2, 0.25) is 5.95 Å². The zero-order chi connectivity index (χ0) is 13.0. The molecule has 17 heavy (non-hydrogen) atoms. The van der Waals surface area contributed by atoms with Crippen molar-refractivity contribution < 1.29 is 0 Å². The van der Waals surface area contributed by atoms with Gasteiger partial charge in [0.15, 0.2) is 0 Å². The summed E-state index contributed by atoms with van der Waals surface area (Å²) in [5.74, 6) is 1.18. The fraction of sp³-hybridized carbons (Fsp3) is 0.692. The molecule has 0 fully saturated rings. The van der Waals surface area contributed by atoms with Crippen LogP contribution in [-0.4, -0.2) is 20.8 Å². The highest BCUT2D eigenvalue weighted by atomic mass is 79.9. The van der Waals surface area contributed by atoms with Crippen molar-refractivity contribution in [2.75, 3.05) is 5.32 Å². The molecule has 0 radical (unpaired) electrons. The molecule has 1 rings (SSSR count). The lowest BCUT2D eigenvalue weighted by Crippen LogP contribution is -2.20. The second-order valence-electron chi connectivity index (χ2n) is 4.97. The minimum atomic E-state index is 0.367. The molecule has 3 nitrogen and oxygen atoms in total. The van der Waals surface area contributed by atoms with Gasteiger partial charge >= 0.3 is 0 Å². The third-order valence-electron chi connectivity index (χ3n) is 2.52. The maximum absolute atomic E-state index is 4.54. The molecule has 1 heterocycles. The number of alkyl halides is 1. The van der Waals surface area contributed by atoms with E-state index in [-0.39, 0.29) is 0 Å². The van der Waals surface area contributed by atoms with Gasteiger partial charge in [-0.2, -0.15) is 0 Å². The molecule has 0 saturated heterocycles. The van der Waals surface area contributed by atoms with Crippen molar-refractivity contribution in [1.29, 1.82) is 0 Å². The highest BCUT2D eigenvalue weighted by Gasteiger charge is 2.10. The normalized spacial score (nSPS) is 14.8. The first kappa shape index (κ1) is 14.4. The summed E-state index contributed by atoms with van der Waals surface area (Å²) in [6.45, 7) is 10.6. The van der Waals surface area contributed by atoms with Gasteiger partial charge in [0.1, 0.15) is 0 Å². The van der Waals surface area contributed by atoms with E-state index in [0.29, 0.717) is 16.8 Å². The van der Waals surface area contributed by atoms with Crippen LogP contribution >= 0.6 is 15.9 Å². The van der Waals surface area contributed by atoms with Crippen LogP contribution in [-0.2, 0) is 0 Å². The average Bonchev–Trinajstić information content (AvgIpc) is 2.14. The van der Waals surface area contributed by atoms with Crippen LogP contribution in [0.4, 0.5) is 5.95 Å². The maximum Gasteiger partial charge on any atom is 0.223 e. The van der Waals surface area contributed by atoms with Crippen molar-refractivity contribution in [1.82, 2.24) is 9.97 Å². The predicted octanol–water partition coefficient (Wildman–Crippen LogP) is 3.88. The molecule has 96 valence electrons. The third-order valence-corrected chi connectivity index (χ3v) is 2.89. The monoisotopic (exact) mass is 299 g/mol. The number of anilines is 1. The van der Waals surface area contributed by atoms with Crippen LogP contribution in [0, 0.1) is 6.92 Å². The Morgan fingerprint density at radius 2 is 1.88 bits per heavy atom. The standard InChI is InChI=1S/C13H22BrN3/c1-8(2)12-7-11(5)16-13(17-12)15-10(4)6-9(3)14/h7-10H,6H2,1-5H3,(H,15,16,17). The number of aryl methyl sites for hydroxylation is 1. The van der Waals surface area contributed by atoms with Crippen LogP contribution in [0.3, 0.4) is 0 Å². The Kier molecular flexibility index (Phi) is 5.37. The molecular formula is C13H22BrN3. The van der Waals surface area contributed by atoms with E-state index in [1.165, 1.54) is 0 Å². The first-order valence-electron chi connectivity index (χ1n) is 6.14. The van der Waals surface area contributed by atoms with E-state index in [9.17, 15) is 0 Å². The Morgan fingerprint density at radius 1 is 1.24 bits per heavy atom. The first-order valence-corrected chi connectivity index (χ1v) is 7.06. The Hall–Kier alpha value is -0.640. The zero-order valence-corrected chi connectivity index (χ0v) is 12.9. The molecule has 0 spiro atoms. The van der Waals surface area contributed by atoms with E-state index in [4.69, 9.17) is 0 Å². The highest BCUT2D eigenvalue weighted by molar-refractivity contribution is 9.09. The van der Waals surface area contributed by atoms with Gasteiger partial charge in [-0.25, -0.2) is 9.97 Å². The molecular weight excluding hydrogens is 278 g/mol. The summed E-state index contributed by atoms with van der Waals surface area (Å²) in [6, 6.07) is 2.42. The summed E-state index contributed by atoms with van der Waals surface area (Å²) in [5.41, 5.74) is 2.12. The smallest absolute Gasteiger partial charge is 0.223 e.